The van der Waals surface area contributed by atoms with Gasteiger partial charge in [0, 0.05) is 31.9 Å². The van der Waals surface area contributed by atoms with Gasteiger partial charge >= 0.3 is 5.97 Å². The van der Waals surface area contributed by atoms with Crippen molar-refractivity contribution >= 4 is 11.7 Å². The van der Waals surface area contributed by atoms with Gasteiger partial charge in [0.05, 0.1) is 7.11 Å². The number of methoxy groups -OCH3 is 1. The molecule has 0 N–H and O–H groups in total. The zero-order valence-corrected chi connectivity index (χ0v) is 13.4. The van der Waals surface area contributed by atoms with Crippen molar-refractivity contribution < 1.29 is 9.53 Å². The summed E-state index contributed by atoms with van der Waals surface area (Å²) in [5, 5.41) is 0. The third kappa shape index (κ3) is 3.54. The molecule has 0 aliphatic carbocycles. The number of piperazine rings is 1. The molecule has 4 heteroatoms. The van der Waals surface area contributed by atoms with Crippen LogP contribution in [0.3, 0.4) is 0 Å². The molecule has 0 radical (unpaired) electrons. The summed E-state index contributed by atoms with van der Waals surface area (Å²) < 4.78 is 5.04. The van der Waals surface area contributed by atoms with Crippen LogP contribution in [-0.4, -0.2) is 44.2 Å². The second-order valence-corrected chi connectivity index (χ2v) is 5.69. The van der Waals surface area contributed by atoms with Crippen LogP contribution in [0.5, 0.6) is 0 Å². The van der Waals surface area contributed by atoms with Crippen LogP contribution >= 0.6 is 0 Å². The molecule has 1 aliphatic rings. The molecular weight excluding hydrogens is 288 g/mol. The van der Waals surface area contributed by atoms with Gasteiger partial charge in [0.15, 0.2) is 0 Å². The van der Waals surface area contributed by atoms with Crippen LogP contribution in [0.15, 0.2) is 60.7 Å². The van der Waals surface area contributed by atoms with Crippen molar-refractivity contribution in [3.8, 4) is 0 Å². The fourth-order valence-corrected chi connectivity index (χ4v) is 3.12. The number of anilines is 1. The minimum atomic E-state index is -0.320. The first kappa shape index (κ1) is 15.6. The Balaban J connectivity index is 1.72. The van der Waals surface area contributed by atoms with Crippen LogP contribution in [0.4, 0.5) is 5.69 Å². The maximum Gasteiger partial charge on any atom is 0.327 e. The fourth-order valence-electron chi connectivity index (χ4n) is 3.12. The van der Waals surface area contributed by atoms with Crippen LogP contribution in [0, 0.1) is 0 Å². The molecule has 1 unspecified atom stereocenters. The molecule has 0 spiro atoms. The predicted octanol–water partition coefficient (Wildman–Crippen LogP) is 2.72. The third-order valence-corrected chi connectivity index (χ3v) is 4.34. The van der Waals surface area contributed by atoms with Gasteiger partial charge in [0.2, 0.25) is 0 Å². The summed E-state index contributed by atoms with van der Waals surface area (Å²) in [6, 6.07) is 20.0. The number of ether oxygens (including phenoxy) is 1. The number of hydrogen-bond acceptors (Lipinski definition) is 4. The molecule has 1 saturated heterocycles. The van der Waals surface area contributed by atoms with Crippen LogP contribution in [-0.2, 0) is 9.53 Å². The lowest BCUT2D eigenvalue weighted by Gasteiger charge is -2.39. The van der Waals surface area contributed by atoms with Crippen LogP contribution in [0.1, 0.15) is 11.6 Å². The van der Waals surface area contributed by atoms with Crippen LogP contribution < -0.4 is 4.90 Å². The van der Waals surface area contributed by atoms with E-state index in [0.29, 0.717) is 0 Å². The molecule has 1 heterocycles. The van der Waals surface area contributed by atoms with Crippen molar-refractivity contribution in [2.45, 2.75) is 6.04 Å². The van der Waals surface area contributed by atoms with Gasteiger partial charge < -0.3 is 9.64 Å². The standard InChI is InChI=1S/C19H22N2O2/c1-23-19(22)18(16-8-4-2-5-9-16)21-14-12-20(13-15-21)17-10-6-3-7-11-17/h2-11,18H,12-15H2,1H3. The van der Waals surface area contributed by atoms with Crippen molar-refractivity contribution in [1.29, 1.82) is 0 Å². The van der Waals surface area contributed by atoms with E-state index >= 15 is 0 Å². The third-order valence-electron chi connectivity index (χ3n) is 4.34. The molecular formula is C19H22N2O2. The molecule has 0 aromatic heterocycles. The maximum absolute atomic E-state index is 12.3. The number of para-hydroxylation sites is 1. The van der Waals surface area contributed by atoms with Crippen LogP contribution in [0.2, 0.25) is 0 Å². The van der Waals surface area contributed by atoms with Gasteiger partial charge in [-0.2, -0.15) is 0 Å². The summed E-state index contributed by atoms with van der Waals surface area (Å²) in [6.45, 7) is 3.49. The Morgan fingerprint density at radius 2 is 1.48 bits per heavy atom. The Labute approximate surface area is 137 Å². The van der Waals surface area contributed by atoms with Crippen LogP contribution in [0.25, 0.3) is 0 Å². The number of nitrogens with zero attached hydrogens (tertiary/aromatic N) is 2. The average molecular weight is 310 g/mol. The molecule has 3 rings (SSSR count). The maximum atomic E-state index is 12.3. The van der Waals surface area contributed by atoms with Gasteiger partial charge in [-0.15, -0.1) is 0 Å². The first-order valence-corrected chi connectivity index (χ1v) is 7.96. The van der Waals surface area contributed by atoms with Gasteiger partial charge in [-0.1, -0.05) is 48.5 Å². The highest BCUT2D eigenvalue weighted by molar-refractivity contribution is 5.77. The van der Waals surface area contributed by atoms with E-state index in [1.807, 2.05) is 36.4 Å². The van der Waals surface area contributed by atoms with Gasteiger partial charge in [-0.05, 0) is 17.7 Å². The van der Waals surface area contributed by atoms with E-state index in [9.17, 15) is 4.79 Å². The van der Waals surface area contributed by atoms with E-state index in [4.69, 9.17) is 4.74 Å². The lowest BCUT2D eigenvalue weighted by Crippen LogP contribution is -2.49. The largest absolute Gasteiger partial charge is 0.468 e. The summed E-state index contributed by atoms with van der Waals surface area (Å²) >= 11 is 0. The predicted molar refractivity (Wildman–Crippen MR) is 91.4 cm³/mol. The number of hydrogen-bond donors (Lipinski definition) is 0. The molecule has 120 valence electrons. The Morgan fingerprint density at radius 3 is 2.04 bits per heavy atom. The van der Waals surface area contributed by atoms with Gasteiger partial charge in [0.25, 0.3) is 0 Å². The fraction of sp³-hybridized carbons (Fsp3) is 0.316. The lowest BCUT2D eigenvalue weighted by atomic mass is 10.0. The second-order valence-electron chi connectivity index (χ2n) is 5.69. The normalized spacial score (nSPS) is 16.8. The highest BCUT2D eigenvalue weighted by Gasteiger charge is 2.31. The molecule has 1 aliphatic heterocycles. The SMILES string of the molecule is COC(=O)C(c1ccccc1)N1CCN(c2ccccc2)CC1. The van der Waals surface area contributed by atoms with E-state index in [0.717, 1.165) is 31.7 Å². The number of esters is 1. The summed E-state index contributed by atoms with van der Waals surface area (Å²) in [6.07, 6.45) is 0. The number of carbonyl (C=O) groups is 1. The Morgan fingerprint density at radius 1 is 0.913 bits per heavy atom. The lowest BCUT2D eigenvalue weighted by molar-refractivity contribution is -0.147. The molecule has 0 amide bonds. The van der Waals surface area contributed by atoms with E-state index in [1.165, 1.54) is 12.8 Å². The summed E-state index contributed by atoms with van der Waals surface area (Å²) in [5.41, 5.74) is 2.23. The van der Waals surface area contributed by atoms with E-state index in [-0.39, 0.29) is 12.0 Å². The summed E-state index contributed by atoms with van der Waals surface area (Å²) in [5.74, 6) is -0.190. The monoisotopic (exact) mass is 310 g/mol. The van der Waals surface area contributed by atoms with Gasteiger partial charge in [0.1, 0.15) is 6.04 Å². The topological polar surface area (TPSA) is 32.8 Å². The number of rotatable bonds is 4. The van der Waals surface area contributed by atoms with E-state index < -0.39 is 0 Å². The Hall–Kier alpha value is -2.33. The molecule has 0 saturated carbocycles. The minimum Gasteiger partial charge on any atom is -0.468 e. The van der Waals surface area contributed by atoms with E-state index in [2.05, 4.69) is 34.1 Å². The first-order valence-electron chi connectivity index (χ1n) is 7.96. The first-order chi connectivity index (χ1) is 11.3. The summed E-state index contributed by atoms with van der Waals surface area (Å²) in [7, 11) is 1.46. The molecule has 2 aromatic rings. The van der Waals surface area contributed by atoms with Crippen molar-refractivity contribution in [3.63, 3.8) is 0 Å². The molecule has 1 fully saturated rings. The van der Waals surface area contributed by atoms with Crippen molar-refractivity contribution in [3.05, 3.63) is 66.2 Å². The number of benzene rings is 2. The highest BCUT2D eigenvalue weighted by Crippen LogP contribution is 2.25. The molecule has 23 heavy (non-hydrogen) atoms. The molecule has 2 aromatic carbocycles. The number of carbonyl (C=O) groups excluding carboxylic acids is 1. The van der Waals surface area contributed by atoms with Crippen molar-refractivity contribution in [1.82, 2.24) is 4.90 Å². The Bertz CT molecular complexity index is 622. The highest BCUT2D eigenvalue weighted by atomic mass is 16.5. The van der Waals surface area contributed by atoms with Gasteiger partial charge in [-0.3, -0.25) is 4.90 Å². The van der Waals surface area contributed by atoms with Crippen molar-refractivity contribution in [2.24, 2.45) is 0 Å². The van der Waals surface area contributed by atoms with Crippen molar-refractivity contribution in [2.75, 3.05) is 38.2 Å². The molecule has 0 bridgehead atoms. The second kappa shape index (κ2) is 7.29. The quantitative estimate of drug-likeness (QED) is 0.813. The smallest absolute Gasteiger partial charge is 0.327 e. The zero-order valence-electron chi connectivity index (χ0n) is 13.4. The molecule has 1 atom stereocenters. The zero-order chi connectivity index (χ0) is 16.1. The Kier molecular flexibility index (Phi) is 4.93. The minimum absolute atomic E-state index is 0.190. The van der Waals surface area contributed by atoms with Gasteiger partial charge in [-0.25, -0.2) is 4.79 Å². The molecule has 4 nitrogen and oxygen atoms in total. The average Bonchev–Trinajstić information content (AvgIpc) is 2.64. The van der Waals surface area contributed by atoms with E-state index in [1.54, 1.807) is 0 Å². The summed E-state index contributed by atoms with van der Waals surface area (Å²) in [4.78, 5) is 16.9.